The van der Waals surface area contributed by atoms with E-state index < -0.39 is 18.1 Å². The summed E-state index contributed by atoms with van der Waals surface area (Å²) in [5.41, 5.74) is 1.10. The Balaban J connectivity index is 1.50. The van der Waals surface area contributed by atoms with Crippen molar-refractivity contribution in [3.63, 3.8) is 0 Å². The lowest BCUT2D eigenvalue weighted by Crippen LogP contribution is -2.33. The molecule has 29 heavy (non-hydrogen) atoms. The van der Waals surface area contributed by atoms with Gasteiger partial charge in [0.1, 0.15) is 16.9 Å². The van der Waals surface area contributed by atoms with Gasteiger partial charge in [0.15, 0.2) is 11.9 Å². The van der Waals surface area contributed by atoms with Crippen LogP contribution in [0.3, 0.4) is 0 Å². The van der Waals surface area contributed by atoms with Crippen LogP contribution in [0.15, 0.2) is 78.9 Å². The molecule has 6 nitrogen and oxygen atoms in total. The summed E-state index contributed by atoms with van der Waals surface area (Å²) in [6.45, 7) is 0. The summed E-state index contributed by atoms with van der Waals surface area (Å²) < 4.78 is 6.68. The van der Waals surface area contributed by atoms with Crippen LogP contribution in [0.25, 0.3) is 10.2 Å². The SMILES string of the molecule is O=C(Nc1ccccc1Oc1ccccc1)C(O)C(O)c1nc2ccccc2s1. The van der Waals surface area contributed by atoms with Gasteiger partial charge in [-0.1, -0.05) is 42.5 Å². The highest BCUT2D eigenvalue weighted by Crippen LogP contribution is 2.31. The second kappa shape index (κ2) is 8.40. The van der Waals surface area contributed by atoms with Crippen molar-refractivity contribution >= 4 is 33.1 Å². The molecule has 1 heterocycles. The van der Waals surface area contributed by atoms with Crippen molar-refractivity contribution in [3.8, 4) is 11.5 Å². The predicted octanol–water partition coefficient (Wildman–Crippen LogP) is 4.12. The third kappa shape index (κ3) is 4.27. The first kappa shape index (κ1) is 19.1. The van der Waals surface area contributed by atoms with E-state index in [9.17, 15) is 15.0 Å². The molecule has 2 unspecified atom stereocenters. The third-order valence-corrected chi connectivity index (χ3v) is 5.35. The third-order valence-electron chi connectivity index (χ3n) is 4.25. The van der Waals surface area contributed by atoms with E-state index in [1.807, 2.05) is 42.5 Å². The molecule has 146 valence electrons. The molecule has 0 radical (unpaired) electrons. The van der Waals surface area contributed by atoms with Crippen LogP contribution < -0.4 is 10.1 Å². The van der Waals surface area contributed by atoms with Crippen molar-refractivity contribution in [2.45, 2.75) is 12.2 Å². The maximum Gasteiger partial charge on any atom is 0.256 e. The Bertz CT molecular complexity index is 1100. The summed E-state index contributed by atoms with van der Waals surface area (Å²) >= 11 is 1.24. The lowest BCUT2D eigenvalue weighted by atomic mass is 10.2. The first-order valence-corrected chi connectivity index (χ1v) is 9.78. The van der Waals surface area contributed by atoms with E-state index in [0.717, 1.165) is 4.70 Å². The van der Waals surface area contributed by atoms with Crippen LogP contribution in [-0.4, -0.2) is 27.2 Å². The largest absolute Gasteiger partial charge is 0.455 e. The summed E-state index contributed by atoms with van der Waals surface area (Å²) in [6.07, 6.45) is -3.12. The Morgan fingerprint density at radius 1 is 0.931 bits per heavy atom. The maximum atomic E-state index is 12.5. The number of fused-ring (bicyclic) bond motifs is 1. The number of aliphatic hydroxyl groups is 2. The minimum absolute atomic E-state index is 0.280. The fourth-order valence-corrected chi connectivity index (χ4v) is 3.76. The predicted molar refractivity (Wildman–Crippen MR) is 112 cm³/mol. The number of carbonyl (C=O) groups excluding carboxylic acids is 1. The Labute approximate surface area is 171 Å². The molecule has 1 aromatic heterocycles. The zero-order valence-corrected chi connectivity index (χ0v) is 16.0. The molecule has 7 heteroatoms. The fourth-order valence-electron chi connectivity index (χ4n) is 2.78. The van der Waals surface area contributed by atoms with Crippen LogP contribution in [0.4, 0.5) is 5.69 Å². The van der Waals surface area contributed by atoms with Crippen molar-refractivity contribution in [2.24, 2.45) is 0 Å². The molecule has 4 aromatic rings. The van der Waals surface area contributed by atoms with E-state index in [1.54, 1.807) is 36.4 Å². The van der Waals surface area contributed by atoms with E-state index in [0.29, 0.717) is 22.7 Å². The molecule has 0 aliphatic heterocycles. The van der Waals surface area contributed by atoms with Crippen LogP contribution >= 0.6 is 11.3 Å². The molecule has 2 atom stereocenters. The molecule has 0 spiro atoms. The standard InChI is InChI=1S/C22H18N2O4S/c25-19(20(26)22-24-16-11-5-7-13-18(16)29-22)21(27)23-15-10-4-6-12-17(15)28-14-8-2-1-3-9-14/h1-13,19-20,25-26H,(H,23,27). The van der Waals surface area contributed by atoms with Crippen molar-refractivity contribution in [2.75, 3.05) is 5.32 Å². The molecule has 0 bridgehead atoms. The topological polar surface area (TPSA) is 91.7 Å². The van der Waals surface area contributed by atoms with E-state index in [-0.39, 0.29) is 5.01 Å². The molecule has 0 saturated carbocycles. The average molecular weight is 406 g/mol. The lowest BCUT2D eigenvalue weighted by Gasteiger charge is -2.17. The highest BCUT2D eigenvalue weighted by atomic mass is 32.1. The Hall–Kier alpha value is -3.26. The van der Waals surface area contributed by atoms with E-state index >= 15 is 0 Å². The Morgan fingerprint density at radius 2 is 1.62 bits per heavy atom. The van der Waals surface area contributed by atoms with Crippen LogP contribution in [0.2, 0.25) is 0 Å². The summed E-state index contributed by atoms with van der Waals surface area (Å²) in [7, 11) is 0. The molecule has 0 fully saturated rings. The quantitative estimate of drug-likeness (QED) is 0.448. The molecule has 0 saturated heterocycles. The molecule has 1 amide bonds. The van der Waals surface area contributed by atoms with Crippen LogP contribution in [0, 0.1) is 0 Å². The highest BCUT2D eigenvalue weighted by molar-refractivity contribution is 7.18. The van der Waals surface area contributed by atoms with Gasteiger partial charge >= 0.3 is 0 Å². The zero-order chi connectivity index (χ0) is 20.2. The van der Waals surface area contributed by atoms with Gasteiger partial charge in [-0.2, -0.15) is 0 Å². The number of aliphatic hydroxyl groups excluding tert-OH is 2. The van der Waals surface area contributed by atoms with Crippen molar-refractivity contribution in [1.82, 2.24) is 4.98 Å². The van der Waals surface area contributed by atoms with Crippen molar-refractivity contribution < 1.29 is 19.7 Å². The molecule has 4 rings (SSSR count). The van der Waals surface area contributed by atoms with Gasteiger partial charge in [0, 0.05) is 0 Å². The number of rotatable bonds is 6. The van der Waals surface area contributed by atoms with Gasteiger partial charge in [-0.05, 0) is 36.4 Å². The van der Waals surface area contributed by atoms with Crippen LogP contribution in [0.5, 0.6) is 11.5 Å². The number of carbonyl (C=O) groups is 1. The second-order valence-electron chi connectivity index (χ2n) is 6.31. The van der Waals surface area contributed by atoms with E-state index in [2.05, 4.69) is 10.3 Å². The first-order valence-electron chi connectivity index (χ1n) is 8.96. The van der Waals surface area contributed by atoms with E-state index in [1.165, 1.54) is 11.3 Å². The monoisotopic (exact) mass is 406 g/mol. The molecule has 0 aliphatic carbocycles. The summed E-state index contributed by atoms with van der Waals surface area (Å²) in [4.78, 5) is 16.8. The van der Waals surface area contributed by atoms with Gasteiger partial charge < -0.3 is 20.3 Å². The van der Waals surface area contributed by atoms with Crippen LogP contribution in [-0.2, 0) is 4.79 Å². The first-order chi connectivity index (χ1) is 14.1. The number of anilines is 1. The number of thiazole rings is 1. The number of ether oxygens (including phenoxy) is 1. The molecule has 3 aromatic carbocycles. The minimum Gasteiger partial charge on any atom is -0.455 e. The number of para-hydroxylation sites is 4. The van der Waals surface area contributed by atoms with Gasteiger partial charge in [0.25, 0.3) is 5.91 Å². The Kier molecular flexibility index (Phi) is 5.53. The fraction of sp³-hybridized carbons (Fsp3) is 0.0909. The van der Waals surface area contributed by atoms with Gasteiger partial charge in [0.2, 0.25) is 0 Å². The molecular weight excluding hydrogens is 388 g/mol. The number of nitrogens with zero attached hydrogens (tertiary/aromatic N) is 1. The number of nitrogens with one attached hydrogen (secondary N) is 1. The number of amides is 1. The lowest BCUT2D eigenvalue weighted by molar-refractivity contribution is -0.129. The summed E-state index contributed by atoms with van der Waals surface area (Å²) in [5.74, 6) is 0.291. The number of hydrogen-bond acceptors (Lipinski definition) is 6. The van der Waals surface area contributed by atoms with Gasteiger partial charge in [-0.3, -0.25) is 4.79 Å². The normalized spacial score (nSPS) is 13.0. The maximum absolute atomic E-state index is 12.5. The highest BCUT2D eigenvalue weighted by Gasteiger charge is 2.29. The van der Waals surface area contributed by atoms with Crippen molar-refractivity contribution in [3.05, 3.63) is 83.9 Å². The molecule has 3 N–H and O–H groups in total. The van der Waals surface area contributed by atoms with Gasteiger partial charge in [-0.25, -0.2) is 4.98 Å². The minimum atomic E-state index is -1.68. The Morgan fingerprint density at radius 3 is 2.41 bits per heavy atom. The van der Waals surface area contributed by atoms with Crippen LogP contribution in [0.1, 0.15) is 11.1 Å². The zero-order valence-electron chi connectivity index (χ0n) is 15.2. The van der Waals surface area contributed by atoms with Crippen molar-refractivity contribution in [1.29, 1.82) is 0 Å². The molecular formula is C22H18N2O4S. The smallest absolute Gasteiger partial charge is 0.256 e. The number of benzene rings is 3. The summed E-state index contributed by atoms with van der Waals surface area (Å²) in [6, 6.07) is 23.4. The van der Waals surface area contributed by atoms with Gasteiger partial charge in [0.05, 0.1) is 15.9 Å². The average Bonchev–Trinajstić information content (AvgIpc) is 3.19. The number of hydrogen-bond donors (Lipinski definition) is 3. The number of aromatic nitrogens is 1. The van der Waals surface area contributed by atoms with Gasteiger partial charge in [-0.15, -0.1) is 11.3 Å². The second-order valence-corrected chi connectivity index (χ2v) is 7.37. The summed E-state index contributed by atoms with van der Waals surface area (Å²) in [5, 5.41) is 23.7. The van der Waals surface area contributed by atoms with E-state index in [4.69, 9.17) is 4.74 Å². The molecule has 0 aliphatic rings.